The van der Waals surface area contributed by atoms with Gasteiger partial charge in [0.1, 0.15) is 12.1 Å². The predicted octanol–water partition coefficient (Wildman–Crippen LogP) is 1.30. The summed E-state index contributed by atoms with van der Waals surface area (Å²) in [7, 11) is 0. The number of hydrogen-bond acceptors (Lipinski definition) is 3. The monoisotopic (exact) mass is 293 g/mol. The summed E-state index contributed by atoms with van der Waals surface area (Å²) in [6, 6.07) is -0.176. The van der Waals surface area contributed by atoms with E-state index in [1.54, 1.807) is 0 Å². The largest absolute Gasteiger partial charge is 0.352 e. The van der Waals surface area contributed by atoms with E-state index in [4.69, 9.17) is 0 Å². The molecule has 0 atom stereocenters. The SMILES string of the molecule is O=C(CN1C(=O)NC(=O)C12CCCCC2)NC1CCCC1. The standard InChI is InChI=1S/C15H23N3O3/c19-12(16-11-6-2-3-7-11)10-18-14(21)17-13(20)15(18)8-4-1-5-9-15/h11H,1-10H2,(H,16,19)(H,17,20,21). The van der Waals surface area contributed by atoms with Gasteiger partial charge in [-0.2, -0.15) is 0 Å². The van der Waals surface area contributed by atoms with Crippen LogP contribution in [0.1, 0.15) is 57.8 Å². The molecule has 1 aliphatic heterocycles. The van der Waals surface area contributed by atoms with Crippen LogP contribution in [0, 0.1) is 0 Å². The van der Waals surface area contributed by atoms with E-state index < -0.39 is 11.6 Å². The second kappa shape index (κ2) is 5.66. The van der Waals surface area contributed by atoms with Crippen LogP contribution in [0.15, 0.2) is 0 Å². The molecule has 3 rings (SSSR count). The zero-order valence-electron chi connectivity index (χ0n) is 12.3. The van der Waals surface area contributed by atoms with Gasteiger partial charge in [0.15, 0.2) is 0 Å². The highest BCUT2D eigenvalue weighted by Crippen LogP contribution is 2.36. The number of imide groups is 1. The molecule has 21 heavy (non-hydrogen) atoms. The van der Waals surface area contributed by atoms with Crippen LogP contribution < -0.4 is 10.6 Å². The van der Waals surface area contributed by atoms with E-state index in [1.165, 1.54) is 4.90 Å². The van der Waals surface area contributed by atoms with E-state index in [0.29, 0.717) is 12.8 Å². The summed E-state index contributed by atoms with van der Waals surface area (Å²) in [6.45, 7) is -0.00588. The first kappa shape index (κ1) is 14.4. The third-order valence-corrected chi connectivity index (χ3v) is 5.11. The first-order chi connectivity index (χ1) is 10.1. The fraction of sp³-hybridized carbons (Fsp3) is 0.800. The maximum absolute atomic E-state index is 12.2. The third kappa shape index (κ3) is 2.63. The third-order valence-electron chi connectivity index (χ3n) is 5.11. The topological polar surface area (TPSA) is 78.5 Å². The average molecular weight is 293 g/mol. The van der Waals surface area contributed by atoms with E-state index in [2.05, 4.69) is 10.6 Å². The zero-order valence-corrected chi connectivity index (χ0v) is 12.3. The molecule has 2 saturated carbocycles. The number of nitrogens with one attached hydrogen (secondary N) is 2. The average Bonchev–Trinajstić information content (AvgIpc) is 3.04. The van der Waals surface area contributed by atoms with Crippen molar-refractivity contribution in [1.82, 2.24) is 15.5 Å². The molecular weight excluding hydrogens is 270 g/mol. The molecule has 2 aliphatic carbocycles. The maximum atomic E-state index is 12.2. The van der Waals surface area contributed by atoms with Crippen LogP contribution >= 0.6 is 0 Å². The molecule has 1 heterocycles. The molecule has 2 N–H and O–H groups in total. The van der Waals surface area contributed by atoms with Gasteiger partial charge in [0.05, 0.1) is 0 Å². The summed E-state index contributed by atoms with van der Waals surface area (Å²) in [6.07, 6.45) is 8.62. The lowest BCUT2D eigenvalue weighted by molar-refractivity contribution is -0.130. The second-order valence-electron chi connectivity index (χ2n) is 6.49. The van der Waals surface area contributed by atoms with Crippen molar-refractivity contribution < 1.29 is 14.4 Å². The Kier molecular flexibility index (Phi) is 3.87. The Morgan fingerprint density at radius 3 is 2.48 bits per heavy atom. The molecule has 0 bridgehead atoms. The van der Waals surface area contributed by atoms with Crippen molar-refractivity contribution in [2.45, 2.75) is 69.4 Å². The first-order valence-corrected chi connectivity index (χ1v) is 8.04. The van der Waals surface area contributed by atoms with Gasteiger partial charge in [-0.1, -0.05) is 32.1 Å². The number of rotatable bonds is 3. The summed E-state index contributed by atoms with van der Waals surface area (Å²) >= 11 is 0. The summed E-state index contributed by atoms with van der Waals surface area (Å²) in [5, 5.41) is 5.39. The Hall–Kier alpha value is -1.59. The fourth-order valence-corrected chi connectivity index (χ4v) is 3.94. The molecule has 116 valence electrons. The molecule has 1 saturated heterocycles. The quantitative estimate of drug-likeness (QED) is 0.770. The fourth-order valence-electron chi connectivity index (χ4n) is 3.94. The summed E-state index contributed by atoms with van der Waals surface area (Å²) in [4.78, 5) is 37.9. The predicted molar refractivity (Wildman–Crippen MR) is 76.5 cm³/mol. The van der Waals surface area contributed by atoms with Crippen molar-refractivity contribution in [3.05, 3.63) is 0 Å². The van der Waals surface area contributed by atoms with Crippen molar-refractivity contribution in [3.8, 4) is 0 Å². The van der Waals surface area contributed by atoms with E-state index in [0.717, 1.165) is 44.9 Å². The van der Waals surface area contributed by atoms with E-state index in [9.17, 15) is 14.4 Å². The van der Waals surface area contributed by atoms with Crippen molar-refractivity contribution in [2.24, 2.45) is 0 Å². The Labute approximate surface area is 124 Å². The highest BCUT2D eigenvalue weighted by molar-refractivity contribution is 6.08. The maximum Gasteiger partial charge on any atom is 0.325 e. The normalized spacial score (nSPS) is 25.4. The number of carbonyl (C=O) groups is 3. The minimum absolute atomic E-state index is 0.00588. The Morgan fingerprint density at radius 2 is 1.81 bits per heavy atom. The van der Waals surface area contributed by atoms with Crippen LogP contribution in [-0.4, -0.2) is 40.9 Å². The van der Waals surface area contributed by atoms with Gasteiger partial charge in [-0.25, -0.2) is 4.79 Å². The highest BCUT2D eigenvalue weighted by Gasteiger charge is 2.53. The second-order valence-corrected chi connectivity index (χ2v) is 6.49. The van der Waals surface area contributed by atoms with Crippen LogP contribution in [0.25, 0.3) is 0 Å². The summed E-state index contributed by atoms with van der Waals surface area (Å²) in [5.41, 5.74) is -0.775. The number of carbonyl (C=O) groups excluding carboxylic acids is 3. The van der Waals surface area contributed by atoms with Gasteiger partial charge in [0, 0.05) is 6.04 Å². The van der Waals surface area contributed by atoms with Crippen LogP contribution in [-0.2, 0) is 9.59 Å². The minimum atomic E-state index is -0.775. The molecule has 0 aromatic carbocycles. The zero-order chi connectivity index (χ0) is 14.9. The molecule has 0 radical (unpaired) electrons. The van der Waals surface area contributed by atoms with Crippen LogP contribution in [0.3, 0.4) is 0 Å². The molecule has 1 spiro atoms. The molecule has 6 nitrogen and oxygen atoms in total. The summed E-state index contributed by atoms with van der Waals surface area (Å²) < 4.78 is 0. The first-order valence-electron chi connectivity index (χ1n) is 8.04. The molecule has 0 aromatic heterocycles. The Balaban J connectivity index is 1.67. The van der Waals surface area contributed by atoms with Gasteiger partial charge < -0.3 is 10.2 Å². The number of nitrogens with zero attached hydrogens (tertiary/aromatic N) is 1. The summed E-state index contributed by atoms with van der Waals surface area (Å²) in [5.74, 6) is -0.363. The lowest BCUT2D eigenvalue weighted by Gasteiger charge is -2.37. The van der Waals surface area contributed by atoms with E-state index in [-0.39, 0.29) is 24.4 Å². The number of hydrogen-bond donors (Lipinski definition) is 2. The Morgan fingerprint density at radius 1 is 1.14 bits per heavy atom. The lowest BCUT2D eigenvalue weighted by atomic mass is 9.80. The van der Waals surface area contributed by atoms with Crippen molar-refractivity contribution >= 4 is 17.8 Å². The highest BCUT2D eigenvalue weighted by atomic mass is 16.2. The van der Waals surface area contributed by atoms with Gasteiger partial charge in [-0.3, -0.25) is 14.9 Å². The van der Waals surface area contributed by atoms with Crippen LogP contribution in [0.2, 0.25) is 0 Å². The smallest absolute Gasteiger partial charge is 0.325 e. The molecular formula is C15H23N3O3. The lowest BCUT2D eigenvalue weighted by Crippen LogP contribution is -2.54. The Bertz CT molecular complexity index is 451. The van der Waals surface area contributed by atoms with E-state index >= 15 is 0 Å². The van der Waals surface area contributed by atoms with Gasteiger partial charge in [0.25, 0.3) is 5.91 Å². The van der Waals surface area contributed by atoms with Gasteiger partial charge in [-0.05, 0) is 25.7 Å². The molecule has 0 aromatic rings. The van der Waals surface area contributed by atoms with E-state index in [1.807, 2.05) is 0 Å². The molecule has 6 heteroatoms. The molecule has 4 amide bonds. The molecule has 3 aliphatic rings. The van der Waals surface area contributed by atoms with Crippen LogP contribution in [0.4, 0.5) is 4.79 Å². The van der Waals surface area contributed by atoms with Gasteiger partial charge in [0.2, 0.25) is 5.91 Å². The van der Waals surface area contributed by atoms with Crippen molar-refractivity contribution in [2.75, 3.05) is 6.54 Å². The van der Waals surface area contributed by atoms with Crippen molar-refractivity contribution in [3.63, 3.8) is 0 Å². The number of urea groups is 1. The van der Waals surface area contributed by atoms with Crippen LogP contribution in [0.5, 0.6) is 0 Å². The molecule has 0 unspecified atom stereocenters. The van der Waals surface area contributed by atoms with Gasteiger partial charge >= 0.3 is 6.03 Å². The van der Waals surface area contributed by atoms with Gasteiger partial charge in [-0.15, -0.1) is 0 Å². The molecule has 3 fully saturated rings. The van der Waals surface area contributed by atoms with Crippen molar-refractivity contribution in [1.29, 1.82) is 0 Å². The number of amides is 4. The minimum Gasteiger partial charge on any atom is -0.352 e.